The quantitative estimate of drug-likeness (QED) is 0.286. The van der Waals surface area contributed by atoms with E-state index >= 15 is 0 Å². The molecule has 166 valence electrons. The summed E-state index contributed by atoms with van der Waals surface area (Å²) in [4.78, 5) is 14.2. The molecule has 2 aromatic rings. The first-order chi connectivity index (χ1) is 15.2. The number of ether oxygens (including phenoxy) is 2. The second-order valence-electron chi connectivity index (χ2n) is 8.19. The minimum atomic E-state index is 0.0393. The highest BCUT2D eigenvalue weighted by atomic mass is 16.5. The zero-order valence-corrected chi connectivity index (χ0v) is 18.9. The van der Waals surface area contributed by atoms with Crippen molar-refractivity contribution in [2.75, 3.05) is 12.0 Å². The van der Waals surface area contributed by atoms with Crippen LogP contribution < -0.4 is 9.64 Å². The monoisotopic (exact) mass is 421 g/mol. The van der Waals surface area contributed by atoms with Gasteiger partial charge < -0.3 is 14.4 Å². The number of benzene rings is 2. The molecule has 1 heterocycles. The number of anilines is 1. The average Bonchev–Trinajstić information content (AvgIpc) is 3.19. The third-order valence-electron chi connectivity index (χ3n) is 6.00. The van der Waals surface area contributed by atoms with E-state index in [1.807, 2.05) is 47.4 Å². The molecule has 4 nitrogen and oxygen atoms in total. The predicted octanol–water partition coefficient (Wildman–Crippen LogP) is 6.60. The molecule has 31 heavy (non-hydrogen) atoms. The van der Waals surface area contributed by atoms with Crippen molar-refractivity contribution in [3.63, 3.8) is 0 Å². The van der Waals surface area contributed by atoms with Crippen LogP contribution in [0.15, 0.2) is 61.2 Å². The molecule has 0 radical (unpaired) electrons. The Balaban J connectivity index is 1.69. The molecule has 1 aliphatic rings. The molecular weight excluding hydrogens is 386 g/mol. The molecular formula is C27H35NO3. The van der Waals surface area contributed by atoms with Crippen LogP contribution in [0, 0.1) is 0 Å². The fourth-order valence-electron chi connectivity index (χ4n) is 4.14. The second-order valence-corrected chi connectivity index (χ2v) is 8.19. The number of methoxy groups -OCH3 is 1. The SMILES string of the molecule is C=C[C@H]1CCC(=O)N1c1ccc(C(CCCCCC)OCc2ccc(OC)cc2)cc1. The van der Waals surface area contributed by atoms with Crippen LogP contribution in [-0.4, -0.2) is 19.1 Å². The fourth-order valence-corrected chi connectivity index (χ4v) is 4.14. The molecule has 0 aliphatic carbocycles. The molecule has 0 aromatic heterocycles. The number of carbonyl (C=O) groups excluding carboxylic acids is 1. The minimum Gasteiger partial charge on any atom is -0.497 e. The van der Waals surface area contributed by atoms with Crippen molar-refractivity contribution < 1.29 is 14.3 Å². The van der Waals surface area contributed by atoms with Gasteiger partial charge >= 0.3 is 0 Å². The van der Waals surface area contributed by atoms with Gasteiger partial charge in [0.15, 0.2) is 0 Å². The highest BCUT2D eigenvalue weighted by molar-refractivity contribution is 5.96. The summed E-state index contributed by atoms with van der Waals surface area (Å²) in [6.07, 6.45) is 9.17. The van der Waals surface area contributed by atoms with E-state index in [9.17, 15) is 4.79 Å². The van der Waals surface area contributed by atoms with Gasteiger partial charge in [-0.3, -0.25) is 4.79 Å². The van der Waals surface area contributed by atoms with Gasteiger partial charge in [0.2, 0.25) is 5.91 Å². The molecule has 1 amide bonds. The van der Waals surface area contributed by atoms with Gasteiger partial charge in [0, 0.05) is 12.1 Å². The Kier molecular flexibility index (Phi) is 8.72. The van der Waals surface area contributed by atoms with E-state index < -0.39 is 0 Å². The van der Waals surface area contributed by atoms with Crippen molar-refractivity contribution in [1.29, 1.82) is 0 Å². The van der Waals surface area contributed by atoms with Gasteiger partial charge in [0.1, 0.15) is 5.75 Å². The Morgan fingerprint density at radius 2 is 1.84 bits per heavy atom. The first-order valence-corrected chi connectivity index (χ1v) is 11.4. The van der Waals surface area contributed by atoms with Crippen molar-refractivity contribution in [1.82, 2.24) is 0 Å². The van der Waals surface area contributed by atoms with E-state index in [1.54, 1.807) is 7.11 Å². The van der Waals surface area contributed by atoms with Gasteiger partial charge in [-0.1, -0.05) is 62.9 Å². The summed E-state index contributed by atoms with van der Waals surface area (Å²) >= 11 is 0. The normalized spacial score (nSPS) is 17.0. The maximum Gasteiger partial charge on any atom is 0.227 e. The van der Waals surface area contributed by atoms with Gasteiger partial charge in [0.05, 0.1) is 25.9 Å². The van der Waals surface area contributed by atoms with Crippen LogP contribution in [0.1, 0.15) is 69.1 Å². The lowest BCUT2D eigenvalue weighted by Crippen LogP contribution is -2.31. The fraction of sp³-hybridized carbons (Fsp3) is 0.444. The van der Waals surface area contributed by atoms with Crippen LogP contribution in [0.25, 0.3) is 0 Å². The first-order valence-electron chi connectivity index (χ1n) is 11.4. The standard InChI is InChI=1S/C27H35NO3/c1-4-6-7-8-9-26(31-20-21-10-17-25(30-3)18-11-21)22-12-14-24(15-13-22)28-23(5-2)16-19-27(28)29/h5,10-15,17-18,23,26H,2,4,6-9,16,19-20H2,1,3H3/t23-,26?/m0/s1. The Morgan fingerprint density at radius 1 is 1.10 bits per heavy atom. The van der Waals surface area contributed by atoms with Crippen LogP contribution >= 0.6 is 0 Å². The van der Waals surface area contributed by atoms with Crippen molar-refractivity contribution in [2.24, 2.45) is 0 Å². The molecule has 1 saturated heterocycles. The number of hydrogen-bond acceptors (Lipinski definition) is 3. The topological polar surface area (TPSA) is 38.8 Å². The van der Waals surface area contributed by atoms with Crippen LogP contribution in [-0.2, 0) is 16.1 Å². The largest absolute Gasteiger partial charge is 0.497 e. The van der Waals surface area contributed by atoms with Crippen LogP contribution in [0.4, 0.5) is 5.69 Å². The zero-order valence-electron chi connectivity index (χ0n) is 18.9. The first kappa shape index (κ1) is 23.1. The molecule has 4 heteroatoms. The van der Waals surface area contributed by atoms with E-state index in [2.05, 4.69) is 25.6 Å². The molecule has 0 saturated carbocycles. The maximum atomic E-state index is 12.3. The van der Waals surface area contributed by atoms with E-state index in [0.717, 1.165) is 41.8 Å². The van der Waals surface area contributed by atoms with Crippen molar-refractivity contribution in [3.8, 4) is 5.75 Å². The Morgan fingerprint density at radius 3 is 2.48 bits per heavy atom. The molecule has 1 aliphatic heterocycles. The lowest BCUT2D eigenvalue weighted by Gasteiger charge is -2.24. The summed E-state index contributed by atoms with van der Waals surface area (Å²) in [5.74, 6) is 1.02. The molecule has 3 rings (SSSR count). The second kappa shape index (κ2) is 11.7. The Bertz CT molecular complexity index is 829. The Hall–Kier alpha value is -2.59. The molecule has 0 spiro atoms. The molecule has 0 bridgehead atoms. The van der Waals surface area contributed by atoms with Gasteiger partial charge in [0.25, 0.3) is 0 Å². The summed E-state index contributed by atoms with van der Waals surface area (Å²) in [6.45, 7) is 6.68. The van der Waals surface area contributed by atoms with Crippen molar-refractivity contribution in [3.05, 3.63) is 72.3 Å². The molecule has 2 aromatic carbocycles. The van der Waals surface area contributed by atoms with Gasteiger partial charge in [-0.2, -0.15) is 0 Å². The lowest BCUT2D eigenvalue weighted by molar-refractivity contribution is -0.117. The van der Waals surface area contributed by atoms with Crippen LogP contribution in [0.2, 0.25) is 0 Å². The smallest absolute Gasteiger partial charge is 0.227 e. The predicted molar refractivity (Wildman–Crippen MR) is 126 cm³/mol. The van der Waals surface area contributed by atoms with Crippen LogP contribution in [0.5, 0.6) is 5.75 Å². The van der Waals surface area contributed by atoms with E-state index in [1.165, 1.54) is 19.3 Å². The van der Waals surface area contributed by atoms with E-state index in [0.29, 0.717) is 13.0 Å². The van der Waals surface area contributed by atoms with E-state index in [4.69, 9.17) is 9.47 Å². The average molecular weight is 422 g/mol. The summed E-state index contributed by atoms with van der Waals surface area (Å²) in [5.41, 5.74) is 3.24. The third kappa shape index (κ3) is 6.20. The van der Waals surface area contributed by atoms with Crippen molar-refractivity contribution >= 4 is 11.6 Å². The van der Waals surface area contributed by atoms with Gasteiger partial charge in [-0.15, -0.1) is 6.58 Å². The number of amides is 1. The third-order valence-corrected chi connectivity index (χ3v) is 6.00. The summed E-state index contributed by atoms with van der Waals surface area (Å²) in [7, 11) is 1.68. The molecule has 2 atom stereocenters. The highest BCUT2D eigenvalue weighted by Gasteiger charge is 2.30. The molecule has 1 fully saturated rings. The molecule has 0 N–H and O–H groups in total. The Labute approximate surface area is 186 Å². The van der Waals surface area contributed by atoms with E-state index in [-0.39, 0.29) is 18.1 Å². The molecule has 1 unspecified atom stereocenters. The number of hydrogen-bond donors (Lipinski definition) is 0. The maximum absolute atomic E-state index is 12.3. The number of carbonyl (C=O) groups is 1. The number of unbranched alkanes of at least 4 members (excludes halogenated alkanes) is 3. The zero-order chi connectivity index (χ0) is 22.1. The summed E-state index contributed by atoms with van der Waals surface area (Å²) in [5, 5.41) is 0. The summed E-state index contributed by atoms with van der Waals surface area (Å²) in [6, 6.07) is 16.4. The highest BCUT2D eigenvalue weighted by Crippen LogP contribution is 2.31. The lowest BCUT2D eigenvalue weighted by atomic mass is 10.0. The van der Waals surface area contributed by atoms with Gasteiger partial charge in [-0.25, -0.2) is 0 Å². The van der Waals surface area contributed by atoms with Gasteiger partial charge in [-0.05, 0) is 48.2 Å². The number of nitrogens with zero attached hydrogens (tertiary/aromatic N) is 1. The summed E-state index contributed by atoms with van der Waals surface area (Å²) < 4.78 is 11.6. The van der Waals surface area contributed by atoms with Crippen LogP contribution in [0.3, 0.4) is 0 Å². The minimum absolute atomic E-state index is 0.0393. The number of rotatable bonds is 12. The van der Waals surface area contributed by atoms with Crippen molar-refractivity contribution in [2.45, 2.75) is 70.6 Å².